The maximum atomic E-state index is 8.69. The molecule has 1 heterocycles. The highest BCUT2D eigenvalue weighted by molar-refractivity contribution is 5.48. The van der Waals surface area contributed by atoms with E-state index < -0.39 is 0 Å². The molecule has 2 rings (SSSR count). The first-order valence-corrected chi connectivity index (χ1v) is 6.93. The van der Waals surface area contributed by atoms with Crippen LogP contribution < -0.4 is 10.2 Å². The first-order chi connectivity index (χ1) is 9.29. The van der Waals surface area contributed by atoms with Crippen molar-refractivity contribution in [3.63, 3.8) is 0 Å². The van der Waals surface area contributed by atoms with Gasteiger partial charge in [0.05, 0.1) is 6.07 Å². The summed E-state index contributed by atoms with van der Waals surface area (Å²) in [5, 5.41) is 12.1. The van der Waals surface area contributed by atoms with Gasteiger partial charge in [-0.2, -0.15) is 5.26 Å². The summed E-state index contributed by atoms with van der Waals surface area (Å²) in [5.41, 5.74) is 0. The molecule has 1 saturated carbocycles. The maximum absolute atomic E-state index is 8.69. The summed E-state index contributed by atoms with van der Waals surface area (Å²) in [6.45, 7) is 1.32. The van der Waals surface area contributed by atoms with Gasteiger partial charge in [0.2, 0.25) is 0 Å². The summed E-state index contributed by atoms with van der Waals surface area (Å²) < 4.78 is 0. The summed E-state index contributed by atoms with van der Waals surface area (Å²) >= 11 is 0. The van der Waals surface area contributed by atoms with Gasteiger partial charge < -0.3 is 10.2 Å². The minimum atomic E-state index is 0.332. The standard InChI is InChI=1S/C14H21N5/c1-19(8-7-15)14-9-13(17-11-18-14)16-10-12-5-3-2-4-6-12/h9,11-12H,2-6,8,10H2,1H3,(H,16,17,18). The summed E-state index contributed by atoms with van der Waals surface area (Å²) in [4.78, 5) is 10.2. The van der Waals surface area contributed by atoms with E-state index in [-0.39, 0.29) is 0 Å². The lowest BCUT2D eigenvalue weighted by atomic mass is 9.89. The van der Waals surface area contributed by atoms with E-state index in [0.29, 0.717) is 6.54 Å². The molecule has 0 saturated heterocycles. The van der Waals surface area contributed by atoms with Crippen LogP contribution in [0.5, 0.6) is 0 Å². The van der Waals surface area contributed by atoms with E-state index >= 15 is 0 Å². The second-order valence-corrected chi connectivity index (χ2v) is 5.16. The minimum absolute atomic E-state index is 0.332. The van der Waals surface area contributed by atoms with Gasteiger partial charge in [-0.25, -0.2) is 9.97 Å². The lowest BCUT2D eigenvalue weighted by Gasteiger charge is -2.22. The number of nitrogens with one attached hydrogen (secondary N) is 1. The zero-order valence-electron chi connectivity index (χ0n) is 11.5. The van der Waals surface area contributed by atoms with E-state index in [1.54, 1.807) is 6.33 Å². The average Bonchev–Trinajstić information content (AvgIpc) is 2.47. The molecule has 1 N–H and O–H groups in total. The van der Waals surface area contributed by atoms with Gasteiger partial charge >= 0.3 is 0 Å². The van der Waals surface area contributed by atoms with Gasteiger partial charge in [-0.1, -0.05) is 19.3 Å². The zero-order chi connectivity index (χ0) is 13.5. The van der Waals surface area contributed by atoms with Crippen molar-refractivity contribution in [2.24, 2.45) is 5.92 Å². The van der Waals surface area contributed by atoms with Crippen LogP contribution >= 0.6 is 0 Å². The van der Waals surface area contributed by atoms with Gasteiger partial charge in [0.15, 0.2) is 0 Å². The molecule has 1 aliphatic carbocycles. The Labute approximate surface area is 114 Å². The molecule has 0 amide bonds. The molecule has 0 spiro atoms. The second-order valence-electron chi connectivity index (χ2n) is 5.16. The molecule has 0 bridgehead atoms. The fraction of sp³-hybridized carbons (Fsp3) is 0.643. The largest absolute Gasteiger partial charge is 0.370 e. The number of hydrogen-bond acceptors (Lipinski definition) is 5. The van der Waals surface area contributed by atoms with Crippen molar-refractivity contribution in [1.82, 2.24) is 9.97 Å². The predicted octanol–water partition coefficient (Wildman–Crippen LogP) is 2.43. The molecule has 1 aromatic rings. The number of nitrogens with zero attached hydrogens (tertiary/aromatic N) is 4. The van der Waals surface area contributed by atoms with Crippen LogP contribution in [0.15, 0.2) is 12.4 Å². The minimum Gasteiger partial charge on any atom is -0.370 e. The van der Waals surface area contributed by atoms with Crippen LogP contribution in [-0.4, -0.2) is 30.1 Å². The van der Waals surface area contributed by atoms with Crippen molar-refractivity contribution in [2.45, 2.75) is 32.1 Å². The van der Waals surface area contributed by atoms with Gasteiger partial charge in [-0.3, -0.25) is 0 Å². The highest BCUT2D eigenvalue weighted by Gasteiger charge is 2.13. The molecule has 1 fully saturated rings. The quantitative estimate of drug-likeness (QED) is 0.823. The van der Waals surface area contributed by atoms with Gasteiger partial charge in [0, 0.05) is 19.7 Å². The average molecular weight is 259 g/mol. The van der Waals surface area contributed by atoms with Gasteiger partial charge in [-0.05, 0) is 18.8 Å². The molecule has 0 aromatic carbocycles. The molecule has 1 aromatic heterocycles. The predicted molar refractivity (Wildman–Crippen MR) is 76.0 cm³/mol. The molecule has 5 heteroatoms. The Morgan fingerprint density at radius 2 is 2.16 bits per heavy atom. The molecule has 0 aliphatic heterocycles. The van der Waals surface area contributed by atoms with Crippen molar-refractivity contribution >= 4 is 11.6 Å². The van der Waals surface area contributed by atoms with Crippen molar-refractivity contribution in [3.8, 4) is 6.07 Å². The Morgan fingerprint density at radius 1 is 1.37 bits per heavy atom. The fourth-order valence-corrected chi connectivity index (χ4v) is 2.48. The summed E-state index contributed by atoms with van der Waals surface area (Å²) in [6.07, 6.45) is 8.27. The number of hydrogen-bond donors (Lipinski definition) is 1. The van der Waals surface area contributed by atoms with Crippen molar-refractivity contribution in [2.75, 3.05) is 30.4 Å². The molecule has 0 radical (unpaired) electrons. The summed E-state index contributed by atoms with van der Waals surface area (Å²) in [6, 6.07) is 4.02. The molecule has 5 nitrogen and oxygen atoms in total. The Hall–Kier alpha value is -1.83. The summed E-state index contributed by atoms with van der Waals surface area (Å²) in [5.74, 6) is 2.40. The van der Waals surface area contributed by atoms with Gasteiger partial charge in [-0.15, -0.1) is 0 Å². The molecular weight excluding hydrogens is 238 g/mol. The molecule has 0 atom stereocenters. The lowest BCUT2D eigenvalue weighted by Crippen LogP contribution is -2.20. The Balaban J connectivity index is 1.89. The maximum Gasteiger partial charge on any atom is 0.134 e. The van der Waals surface area contributed by atoms with Crippen molar-refractivity contribution in [3.05, 3.63) is 12.4 Å². The number of rotatable bonds is 5. The lowest BCUT2D eigenvalue weighted by molar-refractivity contribution is 0.373. The first kappa shape index (κ1) is 13.6. The van der Waals surface area contributed by atoms with Crippen LogP contribution in [0.25, 0.3) is 0 Å². The van der Waals surface area contributed by atoms with E-state index in [2.05, 4.69) is 21.4 Å². The third-order valence-corrected chi connectivity index (χ3v) is 3.65. The van der Waals surface area contributed by atoms with Crippen LogP contribution in [-0.2, 0) is 0 Å². The van der Waals surface area contributed by atoms with Crippen LogP contribution in [0, 0.1) is 17.2 Å². The van der Waals surface area contributed by atoms with E-state index in [1.165, 1.54) is 32.1 Å². The third-order valence-electron chi connectivity index (χ3n) is 3.65. The molecular formula is C14H21N5. The van der Waals surface area contributed by atoms with E-state index in [9.17, 15) is 0 Å². The monoisotopic (exact) mass is 259 g/mol. The molecule has 0 unspecified atom stereocenters. The van der Waals surface area contributed by atoms with Gasteiger partial charge in [0.1, 0.15) is 24.5 Å². The Morgan fingerprint density at radius 3 is 2.89 bits per heavy atom. The topological polar surface area (TPSA) is 64.8 Å². The third kappa shape index (κ3) is 4.09. The van der Waals surface area contributed by atoms with Crippen molar-refractivity contribution in [1.29, 1.82) is 5.26 Å². The Kier molecular flexibility index (Phi) is 4.96. The number of nitriles is 1. The second kappa shape index (κ2) is 6.93. The number of anilines is 2. The van der Waals surface area contributed by atoms with Gasteiger partial charge in [0.25, 0.3) is 0 Å². The fourth-order valence-electron chi connectivity index (χ4n) is 2.48. The molecule has 1 aliphatic rings. The zero-order valence-corrected chi connectivity index (χ0v) is 11.5. The Bertz CT molecular complexity index is 434. The van der Waals surface area contributed by atoms with Crippen LogP contribution in [0.1, 0.15) is 32.1 Å². The van der Waals surface area contributed by atoms with E-state index in [4.69, 9.17) is 5.26 Å². The van der Waals surface area contributed by atoms with E-state index in [1.807, 2.05) is 18.0 Å². The SMILES string of the molecule is CN(CC#N)c1cc(NCC2CCCCC2)ncn1. The normalized spacial score (nSPS) is 15.8. The van der Waals surface area contributed by atoms with E-state index in [0.717, 1.165) is 24.1 Å². The highest BCUT2D eigenvalue weighted by atomic mass is 15.2. The van der Waals surface area contributed by atoms with Crippen LogP contribution in [0.2, 0.25) is 0 Å². The molecule has 102 valence electrons. The van der Waals surface area contributed by atoms with Crippen LogP contribution in [0.3, 0.4) is 0 Å². The van der Waals surface area contributed by atoms with Crippen LogP contribution in [0.4, 0.5) is 11.6 Å². The smallest absolute Gasteiger partial charge is 0.134 e. The summed E-state index contributed by atoms with van der Waals surface area (Å²) in [7, 11) is 1.86. The van der Waals surface area contributed by atoms with Crippen molar-refractivity contribution < 1.29 is 0 Å². The highest BCUT2D eigenvalue weighted by Crippen LogP contribution is 2.24. The molecule has 19 heavy (non-hydrogen) atoms. The number of aromatic nitrogens is 2. The first-order valence-electron chi connectivity index (χ1n) is 6.93.